The van der Waals surface area contributed by atoms with Crippen LogP contribution in [0.25, 0.3) is 186 Å². The minimum atomic E-state index is -0.458. The van der Waals surface area contributed by atoms with Crippen molar-refractivity contribution in [3.05, 3.63) is 291 Å². The van der Waals surface area contributed by atoms with E-state index < -0.39 is 18.1 Å². The van der Waals surface area contributed by atoms with Gasteiger partial charge in [0.05, 0.1) is 45.4 Å². The molecule has 7 heterocycles. The summed E-state index contributed by atoms with van der Waals surface area (Å²) in [5.41, 5.74) is 12.4. The molecule has 0 aliphatic heterocycles. The number of fused-ring (bicyclic) bond motifs is 17. The summed E-state index contributed by atoms with van der Waals surface area (Å²) in [5, 5.41) is 14.5. The average molecular weight is 1190 g/mol. The Morgan fingerprint density at radius 3 is 1.55 bits per heavy atom. The van der Waals surface area contributed by atoms with E-state index in [1.54, 1.807) is 11.3 Å². The fourth-order valence-electron chi connectivity index (χ4n) is 13.6. The van der Waals surface area contributed by atoms with Crippen molar-refractivity contribution in [2.45, 2.75) is 0 Å². The van der Waals surface area contributed by atoms with Crippen LogP contribution in [0, 0.1) is 0 Å². The molecule has 0 fully saturated rings. The molecule has 0 aliphatic carbocycles. The molecule has 0 radical (unpaired) electrons. The number of hydrogen-bond acceptors (Lipinski definition) is 7. The molecule has 0 atom stereocenters. The normalized spacial score (nSPS) is 12.7. The van der Waals surface area contributed by atoms with Gasteiger partial charge < -0.3 is 8.83 Å². The number of rotatable bonds is 6. The summed E-state index contributed by atoms with van der Waals surface area (Å²) in [6.07, 6.45) is 0. The summed E-state index contributed by atoms with van der Waals surface area (Å²) in [6.45, 7) is 0. The third-order valence-corrected chi connectivity index (χ3v) is 18.8. The van der Waals surface area contributed by atoms with E-state index >= 15 is 0 Å². The first-order valence-corrected chi connectivity index (χ1v) is 30.9. The highest BCUT2D eigenvalue weighted by Crippen LogP contribution is 2.47. The molecule has 13 aromatic carbocycles. The summed E-state index contributed by atoms with van der Waals surface area (Å²) < 4.78 is 60.1. The molecule has 0 saturated heterocycles. The van der Waals surface area contributed by atoms with Gasteiger partial charge in [-0.25, -0.2) is 15.0 Å². The van der Waals surface area contributed by atoms with Crippen LogP contribution in [0.2, 0.25) is 0 Å². The number of benzene rings is 13. The van der Waals surface area contributed by atoms with Crippen LogP contribution < -0.4 is 0 Å². The number of aromatic nitrogens is 6. The Kier molecular flexibility index (Phi) is 10.3. The molecule has 0 spiro atoms. The monoisotopic (exact) mass is 1190 g/mol. The predicted octanol–water partition coefficient (Wildman–Crippen LogP) is 22.3. The highest BCUT2D eigenvalue weighted by Gasteiger charge is 2.25. The molecular weight excluding hydrogens is 1130 g/mol. The first kappa shape index (κ1) is 46.2. The van der Waals surface area contributed by atoms with Crippen LogP contribution in [0.1, 0.15) is 6.85 Å². The zero-order valence-corrected chi connectivity index (χ0v) is 49.1. The summed E-state index contributed by atoms with van der Waals surface area (Å²) in [5.74, 6) is 1.83. The Morgan fingerprint density at radius 2 is 0.879 bits per heavy atom. The lowest BCUT2D eigenvalue weighted by atomic mass is 9.93. The number of furan rings is 2. The van der Waals surface area contributed by atoms with Crippen molar-refractivity contribution in [2.24, 2.45) is 0 Å². The Balaban J connectivity index is 0.000000142. The average Bonchev–Trinajstić information content (AvgIpc) is 1.54. The van der Waals surface area contributed by atoms with Crippen molar-refractivity contribution < 1.29 is 15.7 Å². The number of thiophene rings is 1. The van der Waals surface area contributed by atoms with Gasteiger partial charge in [0.15, 0.2) is 11.6 Å². The Bertz CT molecular complexity index is 6650. The molecule has 20 rings (SSSR count). The zero-order valence-electron chi connectivity index (χ0n) is 53.2. The largest absolute Gasteiger partial charge is 0.456 e. The molecule has 0 bridgehead atoms. The van der Waals surface area contributed by atoms with Gasteiger partial charge in [-0.1, -0.05) is 212 Å². The second-order valence-electron chi connectivity index (χ2n) is 22.9. The molecule has 0 N–H and O–H groups in total. The number of para-hydroxylation sites is 4. The maximum atomic E-state index is 8.74. The minimum absolute atomic E-state index is 0.00224. The second kappa shape index (κ2) is 20.3. The van der Waals surface area contributed by atoms with Gasteiger partial charge in [0.1, 0.15) is 21.6 Å². The fourth-order valence-corrected chi connectivity index (χ4v) is 14.7. The van der Waals surface area contributed by atoms with E-state index in [2.05, 4.69) is 193 Å². The van der Waals surface area contributed by atoms with Gasteiger partial charge in [-0.3, -0.25) is 9.13 Å². The molecule has 7 aromatic heterocycles. The third kappa shape index (κ3) is 8.15. The third-order valence-electron chi connectivity index (χ3n) is 17.7. The Morgan fingerprint density at radius 1 is 0.341 bits per heavy atom. The molecule has 20 aromatic rings. The van der Waals surface area contributed by atoms with Gasteiger partial charge in [0.2, 0.25) is 11.7 Å². The summed E-state index contributed by atoms with van der Waals surface area (Å²) in [4.78, 5) is 21.8. The van der Waals surface area contributed by atoms with Crippen molar-refractivity contribution in [1.29, 1.82) is 0 Å². The van der Waals surface area contributed by atoms with E-state index in [1.165, 1.54) is 48.5 Å². The first-order chi connectivity index (χ1) is 47.2. The molecule has 0 saturated carbocycles. The molecular formula is C82H48N6O2S. The topological polar surface area (TPSA) is 87.7 Å². The van der Waals surface area contributed by atoms with Gasteiger partial charge in [0, 0.05) is 58.9 Å². The molecule has 91 heavy (non-hydrogen) atoms. The highest BCUT2D eigenvalue weighted by molar-refractivity contribution is 7.25. The van der Waals surface area contributed by atoms with Crippen molar-refractivity contribution in [2.75, 3.05) is 0 Å². The lowest BCUT2D eigenvalue weighted by molar-refractivity contribution is 0.651. The lowest BCUT2D eigenvalue weighted by Gasteiger charge is -2.13. The van der Waals surface area contributed by atoms with Crippen molar-refractivity contribution >= 4 is 141 Å². The Hall–Kier alpha value is -12.0. The summed E-state index contributed by atoms with van der Waals surface area (Å²) in [7, 11) is 0. The van der Waals surface area contributed by atoms with Gasteiger partial charge >= 0.3 is 0 Å². The summed E-state index contributed by atoms with van der Waals surface area (Å²) in [6, 6.07) is 88.4. The van der Waals surface area contributed by atoms with Crippen LogP contribution in [-0.4, -0.2) is 29.1 Å². The van der Waals surface area contributed by atoms with E-state index in [4.69, 9.17) is 35.6 Å². The molecule has 0 unspecified atom stereocenters. The summed E-state index contributed by atoms with van der Waals surface area (Å²) >= 11 is 1.73. The lowest BCUT2D eigenvalue weighted by Crippen LogP contribution is -2.02. The van der Waals surface area contributed by atoms with Crippen molar-refractivity contribution in [1.82, 2.24) is 29.1 Å². The smallest absolute Gasteiger partial charge is 0.238 e. The van der Waals surface area contributed by atoms with E-state index in [0.717, 1.165) is 92.5 Å². The predicted molar refractivity (Wildman–Crippen MR) is 377 cm³/mol. The van der Waals surface area contributed by atoms with Gasteiger partial charge in [-0.05, 0) is 123 Å². The van der Waals surface area contributed by atoms with Crippen LogP contribution in [0.4, 0.5) is 0 Å². The van der Waals surface area contributed by atoms with E-state index in [0.29, 0.717) is 22.2 Å². The Labute approximate surface area is 530 Å². The van der Waals surface area contributed by atoms with Crippen LogP contribution >= 0.6 is 11.3 Å². The van der Waals surface area contributed by atoms with Crippen LogP contribution in [0.5, 0.6) is 0 Å². The standard InChI is InChI=1S/C50H29N3OS.C32H19N3O/c1-3-13-30(14-4-1)37-28-41-46(29-38(37)31-15-5-2-6-16-31)55-50-47(41)49(51-48(52-50)34-23-24-45-40(26-34)36-20-10-12-22-44(36)54-45)53-42-21-11-9-19-35(42)39-25-32-17-7-8-18-33(32)27-43(39)53;1-2-10-20(11-3-1)30-29-24-15-7-9-17-28(24)36-31(29)34-32(33-30)35-26-16-8-6-14-23(26)25-18-21-12-4-5-13-22(21)19-27(25)35/h1-29H;1-19H/i;1D,2D,3D,10D,11D. The zero-order chi connectivity index (χ0) is 64.0. The van der Waals surface area contributed by atoms with Crippen LogP contribution in [0.3, 0.4) is 0 Å². The SMILES string of the molecule is [2H]c1c([2H])c([2H])c(-c2nc(-n3c4ccccc4c4cc5ccccc5cc43)nc3oc4ccccc4c23)c([2H])c1[2H].c1ccc(-c2cc3sc4nc(-c5ccc6oc7ccccc7c6c5)nc(-n5c6ccccc6c6cc7ccccc7cc65)c4c3cc2-c2ccccc2)cc1. The van der Waals surface area contributed by atoms with E-state index in [-0.39, 0.29) is 35.0 Å². The maximum Gasteiger partial charge on any atom is 0.238 e. The second-order valence-corrected chi connectivity index (χ2v) is 23.9. The van der Waals surface area contributed by atoms with E-state index in [9.17, 15) is 0 Å². The van der Waals surface area contributed by atoms with Gasteiger partial charge in [0.25, 0.3) is 0 Å². The highest BCUT2D eigenvalue weighted by atomic mass is 32.1. The molecule has 9 heteroatoms. The minimum Gasteiger partial charge on any atom is -0.456 e. The quantitative estimate of drug-likeness (QED) is 0.165. The van der Waals surface area contributed by atoms with Crippen molar-refractivity contribution in [3.63, 3.8) is 0 Å². The van der Waals surface area contributed by atoms with Crippen molar-refractivity contribution in [3.8, 4) is 56.7 Å². The molecule has 424 valence electrons. The van der Waals surface area contributed by atoms with Crippen LogP contribution in [0.15, 0.2) is 300 Å². The van der Waals surface area contributed by atoms with E-state index in [1.807, 2.05) is 77.4 Å². The first-order valence-electron chi connectivity index (χ1n) is 32.6. The fraction of sp³-hybridized carbons (Fsp3) is 0. The van der Waals surface area contributed by atoms with Gasteiger partial charge in [-0.15, -0.1) is 11.3 Å². The number of nitrogens with zero attached hydrogens (tertiary/aromatic N) is 6. The maximum absolute atomic E-state index is 8.74. The molecule has 8 nitrogen and oxygen atoms in total. The van der Waals surface area contributed by atoms with Crippen LogP contribution in [-0.2, 0) is 0 Å². The molecule has 0 amide bonds. The van der Waals surface area contributed by atoms with Gasteiger partial charge in [-0.2, -0.15) is 4.98 Å². The molecule has 0 aliphatic rings. The number of hydrogen-bond donors (Lipinski definition) is 0.